The summed E-state index contributed by atoms with van der Waals surface area (Å²) in [5, 5.41) is 0.771. The monoisotopic (exact) mass is 134 g/mol. The maximum Gasteiger partial charge on any atom is -0.153 e. The van der Waals surface area contributed by atoms with E-state index in [2.05, 4.69) is 22.3 Å². The molecule has 0 radical (unpaired) electrons. The molecule has 0 amide bonds. The Morgan fingerprint density at radius 2 is 2.00 bits per heavy atom. The van der Waals surface area contributed by atoms with Crippen molar-refractivity contribution < 1.29 is 15.7 Å². The van der Waals surface area contributed by atoms with Gasteiger partial charge in [-0.1, -0.05) is 0 Å². The molecule has 0 aromatic rings. The van der Waals surface area contributed by atoms with Gasteiger partial charge in [0.05, 0.1) is 0 Å². The quantitative estimate of drug-likeness (QED) is 0.373. The third kappa shape index (κ3) is 11.9. The molecule has 0 saturated carbocycles. The second-order valence-electron chi connectivity index (χ2n) is 0.425. The van der Waals surface area contributed by atoms with Crippen molar-refractivity contribution in [2.24, 2.45) is 0 Å². The van der Waals surface area contributed by atoms with Gasteiger partial charge in [0.1, 0.15) is 0 Å². The van der Waals surface area contributed by atoms with Crippen molar-refractivity contribution in [2.45, 2.75) is 5.36 Å². The average molecular weight is 134 g/mol. The molecule has 0 aliphatic rings. The summed E-state index contributed by atoms with van der Waals surface area (Å²) in [6, 6.07) is 0. The average Bonchev–Trinajstić information content (AvgIpc) is 1.37. The zero-order chi connectivity index (χ0) is 3.41. The molecule has 0 aliphatic carbocycles. The van der Waals surface area contributed by atoms with Crippen molar-refractivity contribution in [3.63, 3.8) is 0 Å². The van der Waals surface area contributed by atoms with Crippen LogP contribution in [0.5, 0.6) is 0 Å². The first-order valence-corrected chi connectivity index (χ1v) is 1.79. The zero-order valence-electron chi connectivity index (χ0n) is 3.03. The Balaban J connectivity index is 0. The van der Waals surface area contributed by atoms with Crippen molar-refractivity contribution in [3.8, 4) is 0 Å². The summed E-state index contributed by atoms with van der Waals surface area (Å²) in [5.41, 5.74) is 0. The van der Waals surface area contributed by atoms with Crippen molar-refractivity contribution in [2.75, 3.05) is 0 Å². The van der Waals surface area contributed by atoms with Crippen molar-refractivity contribution >= 4 is 9.90 Å². The van der Waals surface area contributed by atoms with Crippen LogP contribution in [0.25, 0.3) is 0 Å². The molecule has 0 nitrogen and oxygen atoms in total. The predicted molar refractivity (Wildman–Crippen MR) is 26.1 cm³/mol. The number of hydrogen-bond donors (Lipinski definition) is 0. The second-order valence-corrected chi connectivity index (χ2v) is 0.850. The van der Waals surface area contributed by atoms with Gasteiger partial charge in [0, 0.05) is 0 Å². The van der Waals surface area contributed by atoms with E-state index >= 15 is 0 Å². The molecule has 1 unspecified atom stereocenters. The first-order valence-electron chi connectivity index (χ1n) is 1.05. The minimum Gasteiger partial charge on any atom is -0.153 e. The molecular weight excluding hydrogens is 126 g/mol. The van der Waals surface area contributed by atoms with E-state index in [0.29, 0.717) is 0 Å². The fraction of sp³-hybridized carbons (Fsp3) is 0.333. The minimum atomic E-state index is 0. The smallest absolute Gasteiger partial charge is 0.153 e. The standard InChI is InChI=1S/C3H5.Co.H3P/c1-3-2;;/h3H,1-2H2;;1H3. The topological polar surface area (TPSA) is 0 Å². The first-order chi connectivity index (χ1) is 1.91. The van der Waals surface area contributed by atoms with Gasteiger partial charge in [0.15, 0.2) is 0 Å². The Morgan fingerprint density at radius 1 is 1.80 bits per heavy atom. The molecule has 0 aliphatic heterocycles. The van der Waals surface area contributed by atoms with E-state index in [0.717, 1.165) is 5.36 Å². The summed E-state index contributed by atoms with van der Waals surface area (Å²) in [5.74, 6) is 0. The number of rotatable bonds is 1. The van der Waals surface area contributed by atoms with Gasteiger partial charge >= 0.3 is 33.7 Å². The van der Waals surface area contributed by atoms with Crippen LogP contribution in [-0.2, 0) is 15.7 Å². The van der Waals surface area contributed by atoms with E-state index in [1.54, 1.807) is 6.08 Å². The molecule has 0 N–H and O–H groups in total. The van der Waals surface area contributed by atoms with E-state index in [1.165, 1.54) is 0 Å². The molecule has 5 heavy (non-hydrogen) atoms. The van der Waals surface area contributed by atoms with Crippen LogP contribution in [0.15, 0.2) is 12.7 Å². The molecule has 0 heterocycles. The first kappa shape index (κ1) is 9.18. The summed E-state index contributed by atoms with van der Waals surface area (Å²) in [6.07, 6.45) is 1.74. The Morgan fingerprint density at radius 3 is 2.00 bits per heavy atom. The summed E-state index contributed by atoms with van der Waals surface area (Å²) in [6.45, 7) is 3.40. The van der Waals surface area contributed by atoms with Gasteiger partial charge < -0.3 is 0 Å². The van der Waals surface area contributed by atoms with Gasteiger partial charge in [0.2, 0.25) is 0 Å². The fourth-order valence-corrected chi connectivity index (χ4v) is 0. The number of allylic oxidation sites excluding steroid dienone is 1. The molecule has 2 heteroatoms. The van der Waals surface area contributed by atoms with Crippen molar-refractivity contribution in [1.82, 2.24) is 0 Å². The van der Waals surface area contributed by atoms with E-state index in [9.17, 15) is 0 Å². The van der Waals surface area contributed by atoms with Crippen LogP contribution in [0.3, 0.4) is 0 Å². The molecular formula is C3H8CoP. The Kier molecular flexibility index (Phi) is 16.2. The van der Waals surface area contributed by atoms with Crippen LogP contribution < -0.4 is 0 Å². The van der Waals surface area contributed by atoms with Crippen LogP contribution in [-0.4, -0.2) is 0 Å². The third-order valence-corrected chi connectivity index (χ3v) is 0.397. The molecule has 0 spiro atoms. The second kappa shape index (κ2) is 8.82. The number of hydrogen-bond acceptors (Lipinski definition) is 0. The Labute approximate surface area is 44.2 Å². The summed E-state index contributed by atoms with van der Waals surface area (Å²) in [7, 11) is 0. The molecule has 34 valence electrons. The SMILES string of the molecule is C=C[CH2][Co].P. The van der Waals surface area contributed by atoms with Gasteiger partial charge in [-0.2, -0.15) is 9.90 Å². The van der Waals surface area contributed by atoms with Gasteiger partial charge in [-0.15, -0.1) is 0 Å². The van der Waals surface area contributed by atoms with Crippen LogP contribution in [0.4, 0.5) is 0 Å². The summed E-state index contributed by atoms with van der Waals surface area (Å²) < 4.78 is 0. The molecule has 0 aromatic carbocycles. The minimum absolute atomic E-state index is 0. The molecule has 0 rings (SSSR count). The predicted octanol–water partition coefficient (Wildman–Crippen LogP) is 1.20. The largest absolute Gasteiger partial charge is 0.153 e. The summed E-state index contributed by atoms with van der Waals surface area (Å²) in [4.78, 5) is 0. The van der Waals surface area contributed by atoms with Crippen LogP contribution in [0.2, 0.25) is 5.36 Å². The van der Waals surface area contributed by atoms with Gasteiger partial charge in [-0.25, -0.2) is 0 Å². The van der Waals surface area contributed by atoms with Crippen molar-refractivity contribution in [1.29, 1.82) is 0 Å². The molecule has 0 saturated heterocycles. The van der Waals surface area contributed by atoms with Gasteiger partial charge in [0.25, 0.3) is 0 Å². The molecule has 0 bridgehead atoms. The van der Waals surface area contributed by atoms with Crippen molar-refractivity contribution in [3.05, 3.63) is 12.7 Å². The Bertz CT molecular complexity index is 20.9. The maximum atomic E-state index is 3.84. The molecule has 0 aromatic heterocycles. The molecule has 0 fully saturated rings. The van der Waals surface area contributed by atoms with Gasteiger partial charge in [-0.05, 0) is 0 Å². The summed E-state index contributed by atoms with van der Waals surface area (Å²) >= 11 is 3.84. The molecule has 1 atom stereocenters. The van der Waals surface area contributed by atoms with E-state index in [-0.39, 0.29) is 9.90 Å². The van der Waals surface area contributed by atoms with Crippen LogP contribution in [0, 0.1) is 0 Å². The van der Waals surface area contributed by atoms with E-state index < -0.39 is 0 Å². The fourth-order valence-electron chi connectivity index (χ4n) is 0. The zero-order valence-corrected chi connectivity index (χ0v) is 5.49. The van der Waals surface area contributed by atoms with E-state index in [1.807, 2.05) is 0 Å². The van der Waals surface area contributed by atoms with Crippen LogP contribution in [0.1, 0.15) is 0 Å². The van der Waals surface area contributed by atoms with E-state index in [4.69, 9.17) is 0 Å². The van der Waals surface area contributed by atoms with Gasteiger partial charge in [-0.3, -0.25) is 0 Å². The maximum absolute atomic E-state index is 3.84. The normalized spacial score (nSPS) is 5.20. The van der Waals surface area contributed by atoms with Crippen LogP contribution >= 0.6 is 9.90 Å². The Hall–Kier alpha value is 0.676. The third-order valence-electron chi connectivity index (χ3n) is 0.0962.